The molecule has 1 N–H and O–H groups in total. The van der Waals surface area contributed by atoms with Gasteiger partial charge in [0.25, 0.3) is 0 Å². The Labute approximate surface area is 160 Å². The normalized spacial score (nSPS) is 19.1. The molecule has 0 aromatic heterocycles. The van der Waals surface area contributed by atoms with Crippen LogP contribution in [0.5, 0.6) is 0 Å². The molecule has 2 unspecified atom stereocenters. The average molecular weight is 359 g/mol. The van der Waals surface area contributed by atoms with Crippen LogP contribution < -0.4 is 0 Å². The van der Waals surface area contributed by atoms with Crippen LogP contribution >= 0.6 is 0 Å². The predicted molar refractivity (Wildman–Crippen MR) is 109 cm³/mol. The van der Waals surface area contributed by atoms with Crippen LogP contribution in [0.15, 0.2) is 66.7 Å². The highest BCUT2D eigenvalue weighted by atomic mass is 16.4. The lowest BCUT2D eigenvalue weighted by molar-refractivity contribution is -0.143. The van der Waals surface area contributed by atoms with Gasteiger partial charge in [-0.25, -0.2) is 0 Å². The van der Waals surface area contributed by atoms with Crippen molar-refractivity contribution >= 4 is 16.7 Å². The van der Waals surface area contributed by atoms with Gasteiger partial charge in [0.15, 0.2) is 0 Å². The summed E-state index contributed by atoms with van der Waals surface area (Å²) < 4.78 is 0. The second-order valence-corrected chi connectivity index (χ2v) is 7.55. The average Bonchev–Trinajstić information content (AvgIpc) is 2.70. The van der Waals surface area contributed by atoms with Crippen molar-refractivity contribution in [3.8, 4) is 0 Å². The number of carboxylic acid groups (broad SMARTS) is 1. The number of hydrogen-bond donors (Lipinski definition) is 1. The summed E-state index contributed by atoms with van der Waals surface area (Å²) >= 11 is 0. The van der Waals surface area contributed by atoms with Crippen LogP contribution in [0.25, 0.3) is 10.8 Å². The van der Waals surface area contributed by atoms with Crippen LogP contribution in [0, 0.1) is 12.8 Å². The van der Waals surface area contributed by atoms with E-state index in [1.54, 1.807) is 0 Å². The number of carboxylic acids is 1. The zero-order valence-corrected chi connectivity index (χ0v) is 15.6. The number of piperidine rings is 1. The second kappa shape index (κ2) is 7.53. The fraction of sp³-hybridized carbons (Fsp3) is 0.292. The van der Waals surface area contributed by atoms with Crippen molar-refractivity contribution in [3.05, 3.63) is 83.4 Å². The van der Waals surface area contributed by atoms with Gasteiger partial charge in [0, 0.05) is 6.54 Å². The number of likely N-dealkylation sites (tertiary alicyclic amines) is 1. The highest BCUT2D eigenvalue weighted by Gasteiger charge is 2.31. The number of aryl methyl sites for hydroxylation is 1. The van der Waals surface area contributed by atoms with Crippen LogP contribution in [0.3, 0.4) is 0 Å². The quantitative estimate of drug-likeness (QED) is 0.710. The van der Waals surface area contributed by atoms with E-state index in [4.69, 9.17) is 0 Å². The predicted octanol–water partition coefficient (Wildman–Crippen LogP) is 5.03. The smallest absolute Gasteiger partial charge is 0.307 e. The van der Waals surface area contributed by atoms with E-state index in [0.29, 0.717) is 6.54 Å². The van der Waals surface area contributed by atoms with Crippen molar-refractivity contribution in [2.24, 2.45) is 5.92 Å². The van der Waals surface area contributed by atoms with Gasteiger partial charge in [-0.2, -0.15) is 0 Å². The molecule has 2 atom stereocenters. The number of aliphatic carboxylic acids is 1. The molecule has 27 heavy (non-hydrogen) atoms. The first-order chi connectivity index (χ1) is 13.1. The maximum absolute atomic E-state index is 11.6. The Kier molecular flexibility index (Phi) is 4.95. The molecular formula is C24H25NO2. The van der Waals surface area contributed by atoms with Gasteiger partial charge in [-0.05, 0) is 48.2 Å². The summed E-state index contributed by atoms with van der Waals surface area (Å²) in [7, 11) is 0. The number of hydrogen-bond acceptors (Lipinski definition) is 2. The largest absolute Gasteiger partial charge is 0.481 e. The molecule has 138 valence electrons. The summed E-state index contributed by atoms with van der Waals surface area (Å²) in [6.45, 7) is 3.61. The van der Waals surface area contributed by atoms with Gasteiger partial charge in [-0.1, -0.05) is 72.3 Å². The number of carbonyl (C=O) groups is 1. The molecule has 1 aliphatic rings. The molecule has 0 bridgehead atoms. The third kappa shape index (κ3) is 3.60. The van der Waals surface area contributed by atoms with Gasteiger partial charge in [0.2, 0.25) is 0 Å². The summed E-state index contributed by atoms with van der Waals surface area (Å²) in [5, 5.41) is 12.0. The number of nitrogens with zero attached hydrogens (tertiary/aromatic N) is 1. The van der Waals surface area contributed by atoms with Crippen molar-refractivity contribution < 1.29 is 9.90 Å². The monoisotopic (exact) mass is 359 g/mol. The van der Waals surface area contributed by atoms with Crippen LogP contribution in [-0.4, -0.2) is 29.1 Å². The fourth-order valence-electron chi connectivity index (χ4n) is 4.27. The summed E-state index contributed by atoms with van der Waals surface area (Å²) in [6.07, 6.45) is 1.69. The van der Waals surface area contributed by atoms with Crippen LogP contribution in [0.4, 0.5) is 0 Å². The van der Waals surface area contributed by atoms with Gasteiger partial charge in [0.1, 0.15) is 0 Å². The van der Waals surface area contributed by atoms with Crippen molar-refractivity contribution in [1.29, 1.82) is 0 Å². The third-order valence-corrected chi connectivity index (χ3v) is 5.68. The van der Waals surface area contributed by atoms with Gasteiger partial charge in [-0.15, -0.1) is 0 Å². The minimum atomic E-state index is -0.680. The van der Waals surface area contributed by atoms with Crippen molar-refractivity contribution in [2.45, 2.75) is 25.8 Å². The zero-order valence-electron chi connectivity index (χ0n) is 15.6. The minimum absolute atomic E-state index is 0.0684. The van der Waals surface area contributed by atoms with Crippen LogP contribution in [-0.2, 0) is 4.79 Å². The first-order valence-electron chi connectivity index (χ1n) is 9.64. The Morgan fingerprint density at radius 1 is 1.04 bits per heavy atom. The standard InChI is InChI=1S/C24H25NO2/c1-17-11-13-19(14-12-17)23(25-15-5-8-20(16-25)24(26)27)22-10-4-7-18-6-2-3-9-21(18)22/h2-4,6-7,9-14,20,23H,5,8,15-16H2,1H3,(H,26,27). The maximum atomic E-state index is 11.6. The fourth-order valence-corrected chi connectivity index (χ4v) is 4.27. The molecule has 1 fully saturated rings. The SMILES string of the molecule is Cc1ccc(C(c2cccc3ccccc23)N2CCCC(C(=O)O)C2)cc1. The topological polar surface area (TPSA) is 40.5 Å². The van der Waals surface area contributed by atoms with E-state index in [1.807, 2.05) is 0 Å². The zero-order chi connectivity index (χ0) is 18.8. The summed E-state index contributed by atoms with van der Waals surface area (Å²) in [5.74, 6) is -0.970. The molecule has 3 aromatic carbocycles. The van der Waals surface area contributed by atoms with Gasteiger partial charge in [0.05, 0.1) is 12.0 Å². The van der Waals surface area contributed by atoms with E-state index in [-0.39, 0.29) is 12.0 Å². The first-order valence-corrected chi connectivity index (χ1v) is 9.64. The minimum Gasteiger partial charge on any atom is -0.481 e. The Balaban J connectivity index is 1.83. The molecule has 0 spiro atoms. The first kappa shape index (κ1) is 17.7. The van der Waals surface area contributed by atoms with E-state index in [1.165, 1.54) is 27.5 Å². The summed E-state index contributed by atoms with van der Waals surface area (Å²) in [6, 6.07) is 23.6. The Bertz CT molecular complexity index is 943. The molecular weight excluding hydrogens is 334 g/mol. The molecule has 3 nitrogen and oxygen atoms in total. The highest BCUT2D eigenvalue weighted by Crippen LogP contribution is 2.36. The lowest BCUT2D eigenvalue weighted by Gasteiger charge is -2.38. The molecule has 0 radical (unpaired) electrons. The second-order valence-electron chi connectivity index (χ2n) is 7.55. The van der Waals surface area contributed by atoms with E-state index in [2.05, 4.69) is 78.6 Å². The molecule has 1 heterocycles. The van der Waals surface area contributed by atoms with Crippen molar-refractivity contribution in [2.75, 3.05) is 13.1 Å². The van der Waals surface area contributed by atoms with Crippen molar-refractivity contribution in [3.63, 3.8) is 0 Å². The lowest BCUT2D eigenvalue weighted by atomic mass is 9.89. The highest BCUT2D eigenvalue weighted by molar-refractivity contribution is 5.86. The van der Waals surface area contributed by atoms with Crippen molar-refractivity contribution in [1.82, 2.24) is 4.90 Å². The van der Waals surface area contributed by atoms with Gasteiger partial charge in [-0.3, -0.25) is 9.69 Å². The molecule has 0 aliphatic carbocycles. The van der Waals surface area contributed by atoms with Crippen LogP contribution in [0.1, 0.15) is 35.6 Å². The molecule has 1 saturated heterocycles. The molecule has 3 heteroatoms. The van der Waals surface area contributed by atoms with E-state index >= 15 is 0 Å². The lowest BCUT2D eigenvalue weighted by Crippen LogP contribution is -2.41. The number of rotatable bonds is 4. The van der Waals surface area contributed by atoms with Gasteiger partial charge < -0.3 is 5.11 Å². The molecule has 0 amide bonds. The van der Waals surface area contributed by atoms with Crippen LogP contribution in [0.2, 0.25) is 0 Å². The number of fused-ring (bicyclic) bond motifs is 1. The Morgan fingerprint density at radius 3 is 2.56 bits per heavy atom. The molecule has 0 saturated carbocycles. The molecule has 1 aliphatic heterocycles. The van der Waals surface area contributed by atoms with Gasteiger partial charge >= 0.3 is 5.97 Å². The number of benzene rings is 3. The Morgan fingerprint density at radius 2 is 1.78 bits per heavy atom. The van der Waals surface area contributed by atoms with E-state index in [9.17, 15) is 9.90 Å². The van der Waals surface area contributed by atoms with E-state index in [0.717, 1.165) is 19.4 Å². The maximum Gasteiger partial charge on any atom is 0.307 e. The summed E-state index contributed by atoms with van der Waals surface area (Å²) in [4.78, 5) is 14.0. The summed E-state index contributed by atoms with van der Waals surface area (Å²) in [5.41, 5.74) is 3.71. The van der Waals surface area contributed by atoms with E-state index < -0.39 is 5.97 Å². The Hall–Kier alpha value is -2.65. The third-order valence-electron chi connectivity index (χ3n) is 5.68. The molecule has 4 rings (SSSR count). The molecule has 3 aromatic rings.